The van der Waals surface area contributed by atoms with E-state index in [1.54, 1.807) is 0 Å². The fourth-order valence-electron chi connectivity index (χ4n) is 3.05. The summed E-state index contributed by atoms with van der Waals surface area (Å²) in [6, 6.07) is 34.3. The van der Waals surface area contributed by atoms with Crippen LogP contribution in [-0.4, -0.2) is 0 Å². The van der Waals surface area contributed by atoms with Gasteiger partial charge in [0.25, 0.3) is 0 Å². The van der Waals surface area contributed by atoms with Gasteiger partial charge in [0.1, 0.15) is 0 Å². The zero-order valence-electron chi connectivity index (χ0n) is 12.2. The summed E-state index contributed by atoms with van der Waals surface area (Å²) in [6.07, 6.45) is 0. The molecule has 0 heterocycles. The molecule has 0 nitrogen and oxygen atoms in total. The van der Waals surface area contributed by atoms with Crippen LogP contribution in [0.15, 0.2) is 97.1 Å². The fourth-order valence-corrected chi connectivity index (χ4v) is 3.05. The Bertz CT molecular complexity index is 906. The predicted molar refractivity (Wildman–Crippen MR) is 102 cm³/mol. The molecule has 0 aliphatic carbocycles. The first kappa shape index (κ1) is 15.1. The van der Waals surface area contributed by atoms with Crippen LogP contribution < -0.4 is 0 Å². The van der Waals surface area contributed by atoms with Crippen molar-refractivity contribution in [3.63, 3.8) is 0 Å². The second kappa shape index (κ2) is 6.50. The molecule has 4 aromatic carbocycles. The molecule has 0 aliphatic heterocycles. The van der Waals surface area contributed by atoms with Crippen LogP contribution >= 0.6 is 0 Å². The molecule has 0 amide bonds. The molecule has 0 aliphatic rings. The van der Waals surface area contributed by atoms with E-state index in [-0.39, 0.29) is 7.43 Å². The van der Waals surface area contributed by atoms with Gasteiger partial charge in [0.2, 0.25) is 0 Å². The Balaban J connectivity index is 0.00000156. The van der Waals surface area contributed by atoms with Crippen molar-refractivity contribution in [2.45, 2.75) is 7.43 Å². The van der Waals surface area contributed by atoms with Crippen molar-refractivity contribution in [1.82, 2.24) is 0 Å². The average molecular weight is 296 g/mol. The molecule has 23 heavy (non-hydrogen) atoms. The van der Waals surface area contributed by atoms with Crippen LogP contribution in [-0.2, 0) is 0 Å². The van der Waals surface area contributed by atoms with Crippen molar-refractivity contribution in [3.05, 3.63) is 97.1 Å². The van der Waals surface area contributed by atoms with E-state index in [4.69, 9.17) is 0 Å². The molecule has 0 bridgehead atoms. The van der Waals surface area contributed by atoms with Crippen molar-refractivity contribution in [1.29, 1.82) is 0 Å². The molecular weight excluding hydrogens is 276 g/mol. The van der Waals surface area contributed by atoms with Gasteiger partial charge in [0.15, 0.2) is 0 Å². The first-order chi connectivity index (χ1) is 10.9. The lowest BCUT2D eigenvalue weighted by Crippen LogP contribution is -1.87. The van der Waals surface area contributed by atoms with Crippen molar-refractivity contribution in [2.75, 3.05) is 0 Å². The van der Waals surface area contributed by atoms with Crippen LogP contribution in [0.4, 0.5) is 0 Å². The highest BCUT2D eigenvalue weighted by Crippen LogP contribution is 2.37. The van der Waals surface area contributed by atoms with E-state index in [2.05, 4.69) is 97.1 Å². The Kier molecular flexibility index (Phi) is 4.25. The minimum absolute atomic E-state index is 0. The summed E-state index contributed by atoms with van der Waals surface area (Å²) >= 11 is 0. The first-order valence-corrected chi connectivity index (χ1v) is 7.56. The van der Waals surface area contributed by atoms with Gasteiger partial charge in [-0.05, 0) is 33.0 Å². The molecule has 0 heteroatoms. The summed E-state index contributed by atoms with van der Waals surface area (Å²) in [4.78, 5) is 0. The molecule has 4 aromatic rings. The average Bonchev–Trinajstić information content (AvgIpc) is 2.62. The number of rotatable bonds is 2. The van der Waals surface area contributed by atoms with Gasteiger partial charge < -0.3 is 0 Å². The van der Waals surface area contributed by atoms with E-state index in [0.29, 0.717) is 0 Å². The van der Waals surface area contributed by atoms with E-state index in [9.17, 15) is 0 Å². The van der Waals surface area contributed by atoms with Gasteiger partial charge in [-0.15, -0.1) is 0 Å². The van der Waals surface area contributed by atoms with Crippen LogP contribution in [0, 0.1) is 0 Å². The minimum atomic E-state index is 0. The minimum Gasteiger partial charge on any atom is -0.0776 e. The van der Waals surface area contributed by atoms with E-state index in [1.807, 2.05) is 0 Å². The molecule has 0 fully saturated rings. The van der Waals surface area contributed by atoms with Gasteiger partial charge in [-0.2, -0.15) is 0 Å². The third-order valence-corrected chi connectivity index (χ3v) is 4.08. The molecule has 0 radical (unpaired) electrons. The number of fused-ring (bicyclic) bond motifs is 1. The van der Waals surface area contributed by atoms with E-state index in [0.717, 1.165) is 0 Å². The summed E-state index contributed by atoms with van der Waals surface area (Å²) in [5, 5.41) is 2.58. The van der Waals surface area contributed by atoms with Gasteiger partial charge in [0, 0.05) is 0 Å². The van der Waals surface area contributed by atoms with Gasteiger partial charge in [-0.1, -0.05) is 104 Å². The van der Waals surface area contributed by atoms with Crippen LogP contribution in [0.3, 0.4) is 0 Å². The highest BCUT2D eigenvalue weighted by Gasteiger charge is 2.10. The number of hydrogen-bond donors (Lipinski definition) is 0. The molecule has 4 rings (SSSR count). The molecule has 0 saturated heterocycles. The van der Waals surface area contributed by atoms with Crippen LogP contribution in [0.1, 0.15) is 7.43 Å². The van der Waals surface area contributed by atoms with E-state index >= 15 is 0 Å². The molecular formula is C23H20. The third kappa shape index (κ3) is 2.76. The molecule has 0 saturated carbocycles. The SMILES string of the molecule is C.c1ccc(-c2ccc3ccccc3c2-c2ccccc2)cc1. The quantitative estimate of drug-likeness (QED) is 0.381. The monoisotopic (exact) mass is 296 g/mol. The maximum atomic E-state index is 2.24. The van der Waals surface area contributed by atoms with E-state index in [1.165, 1.54) is 33.0 Å². The van der Waals surface area contributed by atoms with Crippen molar-refractivity contribution in [3.8, 4) is 22.3 Å². The zero-order chi connectivity index (χ0) is 14.8. The third-order valence-electron chi connectivity index (χ3n) is 4.08. The van der Waals surface area contributed by atoms with Crippen molar-refractivity contribution in [2.24, 2.45) is 0 Å². The molecule has 0 atom stereocenters. The molecule has 0 aromatic heterocycles. The lowest BCUT2D eigenvalue weighted by atomic mass is 9.90. The lowest BCUT2D eigenvalue weighted by Gasteiger charge is -2.14. The highest BCUT2D eigenvalue weighted by atomic mass is 14.1. The summed E-state index contributed by atoms with van der Waals surface area (Å²) in [5.41, 5.74) is 5.11. The predicted octanol–water partition coefficient (Wildman–Crippen LogP) is 6.81. The Morgan fingerprint density at radius 2 is 1.00 bits per heavy atom. The van der Waals surface area contributed by atoms with Crippen LogP contribution in [0.2, 0.25) is 0 Å². The summed E-state index contributed by atoms with van der Waals surface area (Å²) in [5.74, 6) is 0. The molecule has 112 valence electrons. The Morgan fingerprint density at radius 3 is 1.70 bits per heavy atom. The standard InChI is InChI=1S/C22H16.CH4/c1-3-9-17(10-4-1)21-16-15-18-11-7-8-14-20(18)22(21)19-12-5-2-6-13-19;/h1-16H;1H4. The lowest BCUT2D eigenvalue weighted by molar-refractivity contribution is 1.61. The maximum absolute atomic E-state index is 2.24. The smallest absolute Gasteiger partial charge is 0.00268 e. The Hall–Kier alpha value is -2.86. The van der Waals surface area contributed by atoms with Gasteiger partial charge in [0.05, 0.1) is 0 Å². The topological polar surface area (TPSA) is 0 Å². The molecule has 0 spiro atoms. The van der Waals surface area contributed by atoms with Crippen molar-refractivity contribution < 1.29 is 0 Å². The van der Waals surface area contributed by atoms with Gasteiger partial charge in [-0.3, -0.25) is 0 Å². The zero-order valence-corrected chi connectivity index (χ0v) is 12.2. The van der Waals surface area contributed by atoms with Crippen molar-refractivity contribution >= 4 is 10.8 Å². The second-order valence-electron chi connectivity index (χ2n) is 5.44. The van der Waals surface area contributed by atoms with Gasteiger partial charge in [-0.25, -0.2) is 0 Å². The summed E-state index contributed by atoms with van der Waals surface area (Å²) < 4.78 is 0. The normalized spacial score (nSPS) is 10.3. The second-order valence-corrected chi connectivity index (χ2v) is 5.44. The highest BCUT2D eigenvalue weighted by molar-refractivity contribution is 6.04. The Labute approximate surface area is 138 Å². The summed E-state index contributed by atoms with van der Waals surface area (Å²) in [6.45, 7) is 0. The Morgan fingerprint density at radius 1 is 0.435 bits per heavy atom. The van der Waals surface area contributed by atoms with E-state index < -0.39 is 0 Å². The van der Waals surface area contributed by atoms with Crippen LogP contribution in [0.25, 0.3) is 33.0 Å². The molecule has 0 N–H and O–H groups in total. The van der Waals surface area contributed by atoms with Crippen LogP contribution in [0.5, 0.6) is 0 Å². The largest absolute Gasteiger partial charge is 0.0776 e. The maximum Gasteiger partial charge on any atom is -0.00268 e. The first-order valence-electron chi connectivity index (χ1n) is 7.56. The number of hydrogen-bond acceptors (Lipinski definition) is 0. The number of benzene rings is 4. The summed E-state index contributed by atoms with van der Waals surface area (Å²) in [7, 11) is 0. The molecule has 0 unspecified atom stereocenters. The van der Waals surface area contributed by atoms with Gasteiger partial charge >= 0.3 is 0 Å². The fraction of sp³-hybridized carbons (Fsp3) is 0.0435.